The number of Topliss-reactive ketones (excluding diaryl/α,β-unsaturated/α-hetero) is 1. The standard InChI is InChI=1S/C15H21NO3S/c1-11-16-13(10-20-11)8-14(17)12-2-5-19-15(9-12)3-6-18-7-4-15/h10,12H,2-9H2,1H3. The summed E-state index contributed by atoms with van der Waals surface area (Å²) in [4.78, 5) is 16.9. The molecule has 4 nitrogen and oxygen atoms in total. The molecule has 1 unspecified atom stereocenters. The van der Waals surface area contributed by atoms with Crippen LogP contribution in [0.2, 0.25) is 0 Å². The number of carbonyl (C=O) groups excluding carboxylic acids is 1. The zero-order valence-corrected chi connectivity index (χ0v) is 12.7. The van der Waals surface area contributed by atoms with Gasteiger partial charge in [-0.15, -0.1) is 11.3 Å². The van der Waals surface area contributed by atoms with Gasteiger partial charge in [0, 0.05) is 37.5 Å². The highest BCUT2D eigenvalue weighted by molar-refractivity contribution is 7.09. The second-order valence-corrected chi connectivity index (χ2v) is 6.90. The summed E-state index contributed by atoms with van der Waals surface area (Å²) < 4.78 is 11.4. The number of hydrogen-bond acceptors (Lipinski definition) is 5. The number of aromatic nitrogens is 1. The Labute approximate surface area is 123 Å². The van der Waals surface area contributed by atoms with E-state index in [4.69, 9.17) is 9.47 Å². The molecule has 5 heteroatoms. The largest absolute Gasteiger partial charge is 0.381 e. The van der Waals surface area contributed by atoms with Crippen LogP contribution in [0.5, 0.6) is 0 Å². The summed E-state index contributed by atoms with van der Waals surface area (Å²) in [5.41, 5.74) is 0.819. The van der Waals surface area contributed by atoms with Crippen LogP contribution in [0.1, 0.15) is 36.4 Å². The highest BCUT2D eigenvalue weighted by Crippen LogP contribution is 2.37. The van der Waals surface area contributed by atoms with Crippen LogP contribution in [-0.4, -0.2) is 36.2 Å². The Kier molecular flexibility index (Phi) is 4.19. The number of thiazole rings is 1. The fourth-order valence-corrected chi connectivity index (χ4v) is 3.82. The van der Waals surface area contributed by atoms with Gasteiger partial charge >= 0.3 is 0 Å². The first-order valence-corrected chi connectivity index (χ1v) is 8.20. The highest BCUT2D eigenvalue weighted by Gasteiger charge is 2.40. The van der Waals surface area contributed by atoms with Gasteiger partial charge in [0.1, 0.15) is 5.78 Å². The van der Waals surface area contributed by atoms with Crippen molar-refractivity contribution in [2.75, 3.05) is 19.8 Å². The maximum atomic E-state index is 12.5. The molecule has 1 atom stereocenters. The normalized spacial score (nSPS) is 25.8. The van der Waals surface area contributed by atoms with Gasteiger partial charge in [-0.3, -0.25) is 4.79 Å². The van der Waals surface area contributed by atoms with Crippen molar-refractivity contribution in [2.45, 2.75) is 44.6 Å². The Balaban J connectivity index is 1.62. The van der Waals surface area contributed by atoms with E-state index in [9.17, 15) is 4.79 Å². The van der Waals surface area contributed by atoms with Gasteiger partial charge in [-0.1, -0.05) is 0 Å². The predicted octanol–water partition coefficient (Wildman–Crippen LogP) is 2.54. The molecule has 0 aliphatic carbocycles. The van der Waals surface area contributed by atoms with E-state index in [1.165, 1.54) is 0 Å². The second-order valence-electron chi connectivity index (χ2n) is 5.83. The maximum absolute atomic E-state index is 12.5. The van der Waals surface area contributed by atoms with E-state index in [2.05, 4.69) is 4.98 Å². The van der Waals surface area contributed by atoms with Gasteiger partial charge in [-0.05, 0) is 32.6 Å². The molecule has 3 heterocycles. The van der Waals surface area contributed by atoms with Crippen molar-refractivity contribution in [2.24, 2.45) is 5.92 Å². The molecule has 2 saturated heterocycles. The molecule has 2 aliphatic heterocycles. The van der Waals surface area contributed by atoms with Gasteiger partial charge in [0.25, 0.3) is 0 Å². The van der Waals surface area contributed by atoms with Crippen LogP contribution in [0, 0.1) is 12.8 Å². The van der Waals surface area contributed by atoms with Gasteiger partial charge in [-0.2, -0.15) is 0 Å². The van der Waals surface area contributed by atoms with Crippen molar-refractivity contribution in [1.82, 2.24) is 4.98 Å². The van der Waals surface area contributed by atoms with Gasteiger partial charge in [-0.25, -0.2) is 4.98 Å². The van der Waals surface area contributed by atoms with Crippen molar-refractivity contribution in [3.63, 3.8) is 0 Å². The SMILES string of the molecule is Cc1nc(CC(=O)C2CCOC3(CCOCC3)C2)cs1. The van der Waals surface area contributed by atoms with E-state index in [0.29, 0.717) is 18.8 Å². The average Bonchev–Trinajstić information content (AvgIpc) is 2.85. The van der Waals surface area contributed by atoms with Gasteiger partial charge in [0.05, 0.1) is 16.3 Å². The van der Waals surface area contributed by atoms with Gasteiger partial charge in [0.15, 0.2) is 0 Å². The fraction of sp³-hybridized carbons (Fsp3) is 0.733. The second kappa shape index (κ2) is 5.92. The molecular weight excluding hydrogens is 274 g/mol. The number of aryl methyl sites for hydroxylation is 1. The van der Waals surface area contributed by atoms with E-state index in [-0.39, 0.29) is 11.5 Å². The average molecular weight is 295 g/mol. The molecule has 0 bridgehead atoms. The first-order chi connectivity index (χ1) is 9.67. The summed E-state index contributed by atoms with van der Waals surface area (Å²) in [6.07, 6.45) is 4.03. The number of hydrogen-bond donors (Lipinski definition) is 0. The third-order valence-corrected chi connectivity index (χ3v) is 5.20. The molecular formula is C15H21NO3S. The number of nitrogens with zero attached hydrogens (tertiary/aromatic N) is 1. The van der Waals surface area contributed by atoms with Crippen LogP contribution in [0.3, 0.4) is 0 Å². The van der Waals surface area contributed by atoms with Gasteiger partial charge in [0.2, 0.25) is 0 Å². The Morgan fingerprint density at radius 2 is 2.25 bits per heavy atom. The van der Waals surface area contributed by atoms with Crippen molar-refractivity contribution in [3.05, 3.63) is 16.1 Å². The zero-order chi connectivity index (χ0) is 14.0. The molecule has 110 valence electrons. The summed E-state index contributed by atoms with van der Waals surface area (Å²) in [5.74, 6) is 0.452. The number of carbonyl (C=O) groups is 1. The summed E-state index contributed by atoms with van der Waals surface area (Å²) >= 11 is 1.61. The van der Waals surface area contributed by atoms with Crippen LogP contribution in [0.4, 0.5) is 0 Å². The lowest BCUT2D eigenvalue weighted by molar-refractivity contribution is -0.156. The maximum Gasteiger partial charge on any atom is 0.142 e. The minimum absolute atomic E-state index is 0.102. The Morgan fingerprint density at radius 3 is 2.95 bits per heavy atom. The molecule has 0 radical (unpaired) electrons. The summed E-state index contributed by atoms with van der Waals surface area (Å²) in [6, 6.07) is 0. The van der Waals surface area contributed by atoms with Crippen LogP contribution < -0.4 is 0 Å². The Hall–Kier alpha value is -0.780. The summed E-state index contributed by atoms with van der Waals surface area (Å²) in [5, 5.41) is 3.03. The fourth-order valence-electron chi connectivity index (χ4n) is 3.21. The van der Waals surface area contributed by atoms with E-state index >= 15 is 0 Å². The molecule has 0 aromatic carbocycles. The molecule has 3 rings (SSSR count). The number of ether oxygens (including phenoxy) is 2. The van der Waals surface area contributed by atoms with E-state index in [0.717, 1.165) is 49.6 Å². The van der Waals surface area contributed by atoms with Crippen molar-refractivity contribution < 1.29 is 14.3 Å². The molecule has 2 aliphatic rings. The van der Waals surface area contributed by atoms with Gasteiger partial charge < -0.3 is 9.47 Å². The van der Waals surface area contributed by atoms with E-state index in [1.807, 2.05) is 12.3 Å². The quantitative estimate of drug-likeness (QED) is 0.860. The molecule has 20 heavy (non-hydrogen) atoms. The lowest BCUT2D eigenvalue weighted by Crippen LogP contribution is -2.46. The molecule has 1 aromatic rings. The molecule has 2 fully saturated rings. The number of ketones is 1. The molecule has 0 N–H and O–H groups in total. The van der Waals surface area contributed by atoms with Crippen molar-refractivity contribution >= 4 is 17.1 Å². The Bertz CT molecular complexity index is 474. The third kappa shape index (κ3) is 3.10. The molecule has 1 spiro atoms. The molecule has 1 aromatic heterocycles. The first-order valence-electron chi connectivity index (χ1n) is 7.32. The van der Waals surface area contributed by atoms with Crippen molar-refractivity contribution in [1.29, 1.82) is 0 Å². The van der Waals surface area contributed by atoms with Crippen LogP contribution in [0.25, 0.3) is 0 Å². The first kappa shape index (κ1) is 14.2. The third-order valence-electron chi connectivity index (χ3n) is 4.37. The minimum atomic E-state index is -0.102. The monoisotopic (exact) mass is 295 g/mol. The lowest BCUT2D eigenvalue weighted by Gasteiger charge is -2.42. The predicted molar refractivity (Wildman–Crippen MR) is 77.0 cm³/mol. The zero-order valence-electron chi connectivity index (χ0n) is 11.9. The highest BCUT2D eigenvalue weighted by atomic mass is 32.1. The summed E-state index contributed by atoms with van der Waals surface area (Å²) in [7, 11) is 0. The van der Waals surface area contributed by atoms with Crippen LogP contribution in [0.15, 0.2) is 5.38 Å². The lowest BCUT2D eigenvalue weighted by atomic mass is 9.78. The smallest absolute Gasteiger partial charge is 0.142 e. The molecule has 0 saturated carbocycles. The van der Waals surface area contributed by atoms with Crippen LogP contribution >= 0.6 is 11.3 Å². The van der Waals surface area contributed by atoms with E-state index in [1.54, 1.807) is 11.3 Å². The number of rotatable bonds is 3. The van der Waals surface area contributed by atoms with Crippen molar-refractivity contribution in [3.8, 4) is 0 Å². The molecule has 0 amide bonds. The topological polar surface area (TPSA) is 48.4 Å². The summed E-state index contributed by atoms with van der Waals surface area (Å²) in [6.45, 7) is 4.19. The van der Waals surface area contributed by atoms with E-state index < -0.39 is 0 Å². The van der Waals surface area contributed by atoms with Crippen LogP contribution in [-0.2, 0) is 20.7 Å². The Morgan fingerprint density at radius 1 is 1.45 bits per heavy atom. The minimum Gasteiger partial charge on any atom is -0.381 e.